The minimum atomic E-state index is -4.12. The summed E-state index contributed by atoms with van der Waals surface area (Å²) in [5.74, 6) is -0.445. The molecule has 0 aliphatic rings. The van der Waals surface area contributed by atoms with Gasteiger partial charge in [-0.1, -0.05) is 24.6 Å². The van der Waals surface area contributed by atoms with E-state index in [1.54, 1.807) is 13.8 Å². The molecular weight excluding hydrogens is 294 g/mol. The summed E-state index contributed by atoms with van der Waals surface area (Å²) < 4.78 is 30.5. The van der Waals surface area contributed by atoms with Crippen molar-refractivity contribution in [2.45, 2.75) is 44.9 Å². The Labute approximate surface area is 118 Å². The van der Waals surface area contributed by atoms with Crippen LogP contribution in [0.3, 0.4) is 0 Å². The van der Waals surface area contributed by atoms with Gasteiger partial charge in [0, 0.05) is 0 Å². The van der Waals surface area contributed by atoms with Crippen molar-refractivity contribution in [2.24, 2.45) is 5.92 Å². The summed E-state index contributed by atoms with van der Waals surface area (Å²) in [6.45, 7) is 7.09. The molecule has 1 amide bonds. The minimum absolute atomic E-state index is 0.266. The van der Waals surface area contributed by atoms with E-state index < -0.39 is 21.4 Å². The van der Waals surface area contributed by atoms with E-state index in [2.05, 4.69) is 17.0 Å². The number of carbonyl (C=O) groups is 1. The lowest BCUT2D eigenvalue weighted by atomic mass is 10.1. The van der Waals surface area contributed by atoms with E-state index >= 15 is 0 Å². The first-order valence-electron chi connectivity index (χ1n) is 5.54. The molecular formula is C10H21NO4S3. The Morgan fingerprint density at radius 1 is 1.44 bits per heavy atom. The zero-order valence-electron chi connectivity index (χ0n) is 11.0. The molecule has 108 valence electrons. The molecule has 0 spiro atoms. The Morgan fingerprint density at radius 3 is 2.28 bits per heavy atom. The molecule has 0 aliphatic heterocycles. The lowest BCUT2D eigenvalue weighted by Gasteiger charge is -2.27. The number of amides is 1. The van der Waals surface area contributed by atoms with Crippen molar-refractivity contribution in [1.29, 1.82) is 0 Å². The zero-order chi connectivity index (χ0) is 14.6. The zero-order valence-corrected chi connectivity index (χ0v) is 13.5. The van der Waals surface area contributed by atoms with Gasteiger partial charge in [0.2, 0.25) is 5.91 Å². The maximum atomic E-state index is 12.0. The van der Waals surface area contributed by atoms with Crippen LogP contribution in [0.5, 0.6) is 0 Å². The molecule has 0 radical (unpaired) electrons. The predicted molar refractivity (Wildman–Crippen MR) is 78.5 cm³/mol. The van der Waals surface area contributed by atoms with Gasteiger partial charge in [-0.3, -0.25) is 9.35 Å². The average Bonchev–Trinajstić information content (AvgIpc) is 2.08. The summed E-state index contributed by atoms with van der Waals surface area (Å²) in [5, 5.41) is 2.28. The van der Waals surface area contributed by atoms with Crippen LogP contribution in [0, 0.1) is 5.92 Å². The van der Waals surface area contributed by atoms with Gasteiger partial charge >= 0.3 is 0 Å². The Kier molecular flexibility index (Phi) is 7.05. The van der Waals surface area contributed by atoms with Gasteiger partial charge in [0.25, 0.3) is 10.1 Å². The maximum Gasteiger partial charge on any atom is 0.267 e. The van der Waals surface area contributed by atoms with Gasteiger partial charge in [0.15, 0.2) is 0 Å². The highest BCUT2D eigenvalue weighted by molar-refractivity contribution is 8.69. The molecule has 1 unspecified atom stereocenters. The Bertz CT molecular complexity index is 379. The van der Waals surface area contributed by atoms with Gasteiger partial charge in [-0.25, -0.2) is 0 Å². The van der Waals surface area contributed by atoms with Gasteiger partial charge < -0.3 is 5.32 Å². The number of thiol groups is 1. The Balaban J connectivity index is 4.62. The smallest absolute Gasteiger partial charge is 0.267 e. The molecule has 0 heterocycles. The molecule has 18 heavy (non-hydrogen) atoms. The molecule has 0 saturated carbocycles. The van der Waals surface area contributed by atoms with Crippen LogP contribution in [-0.2, 0) is 14.9 Å². The summed E-state index contributed by atoms with van der Waals surface area (Å²) in [6.07, 6.45) is 0.655. The van der Waals surface area contributed by atoms with Gasteiger partial charge in [0.05, 0.1) is 16.5 Å². The van der Waals surface area contributed by atoms with Gasteiger partial charge in [-0.05, 0) is 26.2 Å². The Hall–Kier alpha value is 0.0800. The molecule has 0 aromatic carbocycles. The first-order chi connectivity index (χ1) is 7.97. The molecule has 5 nitrogen and oxygen atoms in total. The third-order valence-electron chi connectivity index (χ3n) is 2.11. The van der Waals surface area contributed by atoms with Crippen LogP contribution in [0.1, 0.15) is 34.1 Å². The first-order valence-corrected chi connectivity index (χ1v) is 9.08. The monoisotopic (exact) mass is 315 g/mol. The SMILES string of the molecule is CC(C)CC(SS)C(=O)NC(C)(C)CS(=O)(=O)O. The van der Waals surface area contributed by atoms with Crippen molar-refractivity contribution in [3.63, 3.8) is 0 Å². The maximum absolute atomic E-state index is 12.0. The lowest BCUT2D eigenvalue weighted by molar-refractivity contribution is -0.122. The fraction of sp³-hybridized carbons (Fsp3) is 0.900. The molecule has 0 aromatic heterocycles. The normalized spacial score (nSPS) is 14.6. The molecule has 0 fully saturated rings. The molecule has 2 N–H and O–H groups in total. The molecule has 0 saturated heterocycles. The second-order valence-electron chi connectivity index (χ2n) is 5.32. The van der Waals surface area contributed by atoms with Crippen molar-refractivity contribution in [3.8, 4) is 0 Å². The van der Waals surface area contributed by atoms with Crippen molar-refractivity contribution in [2.75, 3.05) is 5.75 Å². The standard InChI is InChI=1S/C10H21NO4S3/c1-7(2)5-8(17-16)9(12)11-10(3,4)6-18(13,14)15/h7-8,16H,5-6H2,1-4H3,(H,11,12)(H,13,14,15). The fourth-order valence-corrected chi connectivity index (χ4v) is 3.69. The molecule has 0 aliphatic carbocycles. The van der Waals surface area contributed by atoms with Gasteiger partial charge in [-0.2, -0.15) is 8.42 Å². The number of rotatable bonds is 7. The van der Waals surface area contributed by atoms with Crippen LogP contribution in [-0.4, -0.2) is 35.4 Å². The third-order valence-corrected chi connectivity index (χ3v) is 4.62. The van der Waals surface area contributed by atoms with E-state index in [-0.39, 0.29) is 11.2 Å². The van der Waals surface area contributed by atoms with E-state index in [1.807, 2.05) is 13.8 Å². The van der Waals surface area contributed by atoms with Crippen LogP contribution >= 0.6 is 22.5 Å². The van der Waals surface area contributed by atoms with Crippen LogP contribution in [0.2, 0.25) is 0 Å². The molecule has 0 rings (SSSR count). The number of nitrogens with one attached hydrogen (secondary N) is 1. The third kappa shape index (κ3) is 8.23. The van der Waals surface area contributed by atoms with E-state index in [9.17, 15) is 13.2 Å². The molecule has 0 aromatic rings. The Morgan fingerprint density at radius 2 is 1.94 bits per heavy atom. The van der Waals surface area contributed by atoms with Crippen molar-refractivity contribution in [3.05, 3.63) is 0 Å². The van der Waals surface area contributed by atoms with E-state index in [0.717, 1.165) is 10.8 Å². The highest BCUT2D eigenvalue weighted by Crippen LogP contribution is 2.23. The van der Waals surface area contributed by atoms with Crippen molar-refractivity contribution in [1.82, 2.24) is 5.32 Å². The van der Waals surface area contributed by atoms with Crippen molar-refractivity contribution < 1.29 is 17.8 Å². The second-order valence-corrected chi connectivity index (χ2v) is 8.19. The lowest BCUT2D eigenvalue weighted by Crippen LogP contribution is -2.51. The van der Waals surface area contributed by atoms with Gasteiger partial charge in [0.1, 0.15) is 0 Å². The summed E-state index contributed by atoms with van der Waals surface area (Å²) in [6, 6.07) is 0. The van der Waals surface area contributed by atoms with E-state index in [4.69, 9.17) is 4.55 Å². The van der Waals surface area contributed by atoms with E-state index in [0.29, 0.717) is 12.3 Å². The van der Waals surface area contributed by atoms with Crippen LogP contribution in [0.15, 0.2) is 0 Å². The van der Waals surface area contributed by atoms with E-state index in [1.165, 1.54) is 0 Å². The highest BCUT2D eigenvalue weighted by Gasteiger charge is 2.30. The van der Waals surface area contributed by atoms with Crippen LogP contribution in [0.4, 0.5) is 0 Å². The molecule has 8 heteroatoms. The van der Waals surface area contributed by atoms with Gasteiger partial charge in [-0.15, -0.1) is 11.7 Å². The topological polar surface area (TPSA) is 83.5 Å². The fourth-order valence-electron chi connectivity index (χ4n) is 1.53. The minimum Gasteiger partial charge on any atom is -0.349 e. The van der Waals surface area contributed by atoms with Crippen molar-refractivity contribution >= 4 is 38.5 Å². The van der Waals surface area contributed by atoms with Crippen LogP contribution in [0.25, 0.3) is 0 Å². The number of hydrogen-bond acceptors (Lipinski definition) is 5. The number of carbonyl (C=O) groups excluding carboxylic acids is 1. The quantitative estimate of drug-likeness (QED) is 0.379. The largest absolute Gasteiger partial charge is 0.349 e. The van der Waals surface area contributed by atoms with Crippen LogP contribution < -0.4 is 5.32 Å². The summed E-state index contributed by atoms with van der Waals surface area (Å²) in [5.41, 5.74) is -1.01. The molecule has 1 atom stereocenters. The first kappa shape index (κ1) is 18.1. The average molecular weight is 315 g/mol. The summed E-state index contributed by atoms with van der Waals surface area (Å²) >= 11 is 4.05. The summed E-state index contributed by atoms with van der Waals surface area (Å²) in [4.78, 5) is 12.0. The summed E-state index contributed by atoms with van der Waals surface area (Å²) in [7, 11) is -2.99. The number of hydrogen-bond donors (Lipinski definition) is 3. The second kappa shape index (κ2) is 7.02. The highest BCUT2D eigenvalue weighted by atomic mass is 33.1. The predicted octanol–water partition coefficient (Wildman–Crippen LogP) is 1.76. The molecule has 0 bridgehead atoms.